The smallest absolute Gasteiger partial charge is 0.0631 e. The molecule has 2 unspecified atom stereocenters. The molecule has 14 heavy (non-hydrogen) atoms. The van der Waals surface area contributed by atoms with Gasteiger partial charge in [0.15, 0.2) is 0 Å². The molecule has 1 heterocycles. The van der Waals surface area contributed by atoms with Gasteiger partial charge in [-0.25, -0.2) is 0 Å². The number of ether oxygens (including phenoxy) is 1. The highest BCUT2D eigenvalue weighted by molar-refractivity contribution is 4.81. The fraction of sp³-hybridized carbons (Fsp3) is 1.00. The molecule has 1 saturated heterocycles. The Morgan fingerprint density at radius 1 is 1.50 bits per heavy atom. The Labute approximate surface area is 88.4 Å². The zero-order chi connectivity index (χ0) is 10.6. The van der Waals surface area contributed by atoms with E-state index in [0.717, 1.165) is 19.0 Å². The lowest BCUT2D eigenvalue weighted by Gasteiger charge is -2.21. The van der Waals surface area contributed by atoms with Crippen molar-refractivity contribution in [1.29, 1.82) is 0 Å². The molecule has 0 amide bonds. The second kappa shape index (κ2) is 5.13. The topological polar surface area (TPSA) is 21.3 Å². The quantitative estimate of drug-likeness (QED) is 0.735. The van der Waals surface area contributed by atoms with Crippen molar-refractivity contribution in [2.75, 3.05) is 13.1 Å². The van der Waals surface area contributed by atoms with E-state index >= 15 is 0 Å². The maximum atomic E-state index is 5.97. The molecule has 0 aliphatic carbocycles. The molecule has 0 aromatic heterocycles. The maximum Gasteiger partial charge on any atom is 0.0631 e. The SMILES string of the molecule is CCNCC(C)CC1CCC(C)(C)O1. The lowest BCUT2D eigenvalue weighted by Crippen LogP contribution is -2.25. The van der Waals surface area contributed by atoms with Gasteiger partial charge in [0, 0.05) is 0 Å². The normalized spacial score (nSPS) is 27.9. The summed E-state index contributed by atoms with van der Waals surface area (Å²) in [5.74, 6) is 0.730. The first-order chi connectivity index (χ1) is 6.53. The van der Waals surface area contributed by atoms with E-state index in [9.17, 15) is 0 Å². The summed E-state index contributed by atoms with van der Waals surface area (Å²) >= 11 is 0. The first-order valence-electron chi connectivity index (χ1n) is 5.92. The largest absolute Gasteiger partial charge is 0.372 e. The summed E-state index contributed by atoms with van der Waals surface area (Å²) in [6.07, 6.45) is 4.16. The molecule has 0 aromatic rings. The second-order valence-electron chi connectivity index (χ2n) is 5.19. The van der Waals surface area contributed by atoms with Crippen LogP contribution in [-0.4, -0.2) is 24.8 Å². The van der Waals surface area contributed by atoms with Gasteiger partial charge >= 0.3 is 0 Å². The predicted molar refractivity (Wildman–Crippen MR) is 60.5 cm³/mol. The van der Waals surface area contributed by atoms with Crippen molar-refractivity contribution in [3.05, 3.63) is 0 Å². The summed E-state index contributed by atoms with van der Waals surface area (Å²) in [6.45, 7) is 11.0. The third-order valence-corrected chi connectivity index (χ3v) is 2.96. The Morgan fingerprint density at radius 2 is 2.21 bits per heavy atom. The van der Waals surface area contributed by atoms with E-state index in [1.54, 1.807) is 0 Å². The first-order valence-corrected chi connectivity index (χ1v) is 5.92. The first kappa shape index (κ1) is 12.0. The molecule has 0 bridgehead atoms. The number of nitrogens with one attached hydrogen (secondary N) is 1. The van der Waals surface area contributed by atoms with Gasteiger partial charge in [0.1, 0.15) is 0 Å². The van der Waals surface area contributed by atoms with Crippen molar-refractivity contribution >= 4 is 0 Å². The number of hydrogen-bond donors (Lipinski definition) is 1. The summed E-state index contributed by atoms with van der Waals surface area (Å²) in [7, 11) is 0. The van der Waals surface area contributed by atoms with Crippen molar-refractivity contribution in [3.8, 4) is 0 Å². The minimum Gasteiger partial charge on any atom is -0.372 e. The van der Waals surface area contributed by atoms with E-state index in [-0.39, 0.29) is 5.60 Å². The molecule has 2 heteroatoms. The zero-order valence-electron chi connectivity index (χ0n) is 10.1. The van der Waals surface area contributed by atoms with Crippen molar-refractivity contribution in [1.82, 2.24) is 5.32 Å². The molecule has 0 aromatic carbocycles. The van der Waals surface area contributed by atoms with Crippen LogP contribution in [-0.2, 0) is 4.74 Å². The van der Waals surface area contributed by atoms with Crippen molar-refractivity contribution in [3.63, 3.8) is 0 Å². The van der Waals surface area contributed by atoms with Crippen LogP contribution in [0.5, 0.6) is 0 Å². The molecular formula is C12H25NO. The van der Waals surface area contributed by atoms with Gasteiger partial charge in [-0.2, -0.15) is 0 Å². The van der Waals surface area contributed by atoms with Gasteiger partial charge in [-0.15, -0.1) is 0 Å². The van der Waals surface area contributed by atoms with Gasteiger partial charge < -0.3 is 10.1 Å². The maximum absolute atomic E-state index is 5.97. The van der Waals surface area contributed by atoms with Gasteiger partial charge in [0.2, 0.25) is 0 Å². The molecule has 1 fully saturated rings. The Bertz CT molecular complexity index is 168. The minimum absolute atomic E-state index is 0.128. The predicted octanol–water partition coefficient (Wildman–Crippen LogP) is 2.58. The standard InChI is InChI=1S/C12H25NO/c1-5-13-9-10(2)8-11-6-7-12(3,4)14-11/h10-11,13H,5-9H2,1-4H3. The van der Waals surface area contributed by atoms with E-state index in [1.165, 1.54) is 19.3 Å². The van der Waals surface area contributed by atoms with Crippen LogP contribution in [0.25, 0.3) is 0 Å². The summed E-state index contributed by atoms with van der Waals surface area (Å²) in [5, 5.41) is 3.39. The molecule has 2 atom stereocenters. The molecular weight excluding hydrogens is 174 g/mol. The van der Waals surface area contributed by atoms with Crippen LogP contribution in [0.15, 0.2) is 0 Å². The van der Waals surface area contributed by atoms with Gasteiger partial charge in [-0.1, -0.05) is 13.8 Å². The van der Waals surface area contributed by atoms with E-state index in [1.807, 2.05) is 0 Å². The van der Waals surface area contributed by atoms with Gasteiger partial charge in [-0.05, 0) is 52.1 Å². The zero-order valence-corrected chi connectivity index (χ0v) is 10.1. The van der Waals surface area contributed by atoms with E-state index in [4.69, 9.17) is 4.74 Å². The van der Waals surface area contributed by atoms with Gasteiger partial charge in [-0.3, -0.25) is 0 Å². The van der Waals surface area contributed by atoms with Gasteiger partial charge in [0.25, 0.3) is 0 Å². The van der Waals surface area contributed by atoms with E-state index < -0.39 is 0 Å². The second-order valence-corrected chi connectivity index (χ2v) is 5.19. The van der Waals surface area contributed by atoms with Crippen LogP contribution >= 0.6 is 0 Å². The summed E-state index contributed by atoms with van der Waals surface area (Å²) in [5.41, 5.74) is 0.128. The molecule has 1 aliphatic rings. The van der Waals surface area contributed by atoms with E-state index in [0.29, 0.717) is 6.10 Å². The summed E-state index contributed by atoms with van der Waals surface area (Å²) in [4.78, 5) is 0. The highest BCUT2D eigenvalue weighted by atomic mass is 16.5. The lowest BCUT2D eigenvalue weighted by atomic mass is 10.00. The lowest BCUT2D eigenvalue weighted by molar-refractivity contribution is -0.0235. The molecule has 2 nitrogen and oxygen atoms in total. The monoisotopic (exact) mass is 199 g/mol. The molecule has 0 spiro atoms. The summed E-state index contributed by atoms with van der Waals surface area (Å²) < 4.78 is 5.97. The van der Waals surface area contributed by atoms with Gasteiger partial charge in [0.05, 0.1) is 11.7 Å². The van der Waals surface area contributed by atoms with Crippen LogP contribution in [0.2, 0.25) is 0 Å². The Hall–Kier alpha value is -0.0800. The third kappa shape index (κ3) is 3.97. The highest BCUT2D eigenvalue weighted by Gasteiger charge is 2.31. The molecule has 0 radical (unpaired) electrons. The molecule has 1 N–H and O–H groups in total. The third-order valence-electron chi connectivity index (χ3n) is 2.96. The Morgan fingerprint density at radius 3 is 2.71 bits per heavy atom. The van der Waals surface area contributed by atoms with Crippen LogP contribution in [0.3, 0.4) is 0 Å². The average Bonchev–Trinajstić information content (AvgIpc) is 2.42. The van der Waals surface area contributed by atoms with Crippen LogP contribution in [0, 0.1) is 5.92 Å². The molecule has 1 aliphatic heterocycles. The molecule has 0 saturated carbocycles. The number of rotatable bonds is 5. The van der Waals surface area contributed by atoms with Crippen molar-refractivity contribution in [2.45, 2.75) is 58.7 Å². The van der Waals surface area contributed by atoms with Crippen molar-refractivity contribution < 1.29 is 4.74 Å². The van der Waals surface area contributed by atoms with Crippen LogP contribution in [0.1, 0.15) is 47.0 Å². The van der Waals surface area contributed by atoms with Crippen LogP contribution in [0.4, 0.5) is 0 Å². The average molecular weight is 199 g/mol. The summed E-state index contributed by atoms with van der Waals surface area (Å²) in [6, 6.07) is 0. The minimum atomic E-state index is 0.128. The molecule has 1 rings (SSSR count). The number of hydrogen-bond acceptors (Lipinski definition) is 2. The highest BCUT2D eigenvalue weighted by Crippen LogP contribution is 2.32. The Balaban J connectivity index is 2.18. The van der Waals surface area contributed by atoms with Crippen molar-refractivity contribution in [2.24, 2.45) is 5.92 Å². The fourth-order valence-corrected chi connectivity index (χ4v) is 2.17. The molecule has 84 valence electrons. The Kier molecular flexibility index (Phi) is 4.39. The fourth-order valence-electron chi connectivity index (χ4n) is 2.17. The van der Waals surface area contributed by atoms with Crippen LogP contribution < -0.4 is 5.32 Å². The van der Waals surface area contributed by atoms with E-state index in [2.05, 4.69) is 33.0 Å².